The van der Waals surface area contributed by atoms with Crippen molar-refractivity contribution in [3.8, 4) is 17.2 Å². The quantitative estimate of drug-likeness (QED) is 0.771. The van der Waals surface area contributed by atoms with E-state index in [1.54, 1.807) is 33.5 Å². The molecule has 0 saturated carbocycles. The first-order valence-electron chi connectivity index (χ1n) is 5.34. The molecule has 0 aliphatic rings. The predicted octanol–water partition coefficient (Wildman–Crippen LogP) is 2.29. The summed E-state index contributed by atoms with van der Waals surface area (Å²) in [6.07, 6.45) is 2.45. The normalized spacial score (nSPS) is 11.8. The molecule has 0 heterocycles. The van der Waals surface area contributed by atoms with E-state index in [1.165, 1.54) is 0 Å². The van der Waals surface area contributed by atoms with E-state index in [0.29, 0.717) is 23.7 Å². The monoisotopic (exact) mass is 237 g/mol. The molecule has 0 spiro atoms. The van der Waals surface area contributed by atoms with E-state index in [9.17, 15) is 0 Å². The highest BCUT2D eigenvalue weighted by Crippen LogP contribution is 2.37. The molecule has 1 rings (SSSR count). The van der Waals surface area contributed by atoms with Gasteiger partial charge in [0.15, 0.2) is 11.5 Å². The van der Waals surface area contributed by atoms with Crippen molar-refractivity contribution in [1.29, 1.82) is 0 Å². The Bertz CT molecular complexity index is 390. The molecule has 2 N–H and O–H groups in total. The van der Waals surface area contributed by atoms with Gasteiger partial charge in [0.05, 0.1) is 21.3 Å². The highest BCUT2D eigenvalue weighted by Gasteiger charge is 2.16. The Balaban J connectivity index is 3.22. The maximum absolute atomic E-state index is 6.05. The van der Waals surface area contributed by atoms with Gasteiger partial charge in [-0.1, -0.05) is 6.08 Å². The number of hydrogen-bond donors (Lipinski definition) is 1. The summed E-state index contributed by atoms with van der Waals surface area (Å²) < 4.78 is 15.8. The largest absolute Gasteiger partial charge is 0.496 e. The molecule has 0 saturated heterocycles. The Labute approximate surface area is 102 Å². The third-order valence-electron chi connectivity index (χ3n) is 2.56. The minimum absolute atomic E-state index is 0.165. The average molecular weight is 237 g/mol. The number of ether oxygens (including phenoxy) is 3. The van der Waals surface area contributed by atoms with Crippen LogP contribution >= 0.6 is 0 Å². The topological polar surface area (TPSA) is 53.7 Å². The van der Waals surface area contributed by atoms with Crippen LogP contribution in [-0.2, 0) is 0 Å². The Morgan fingerprint density at radius 1 is 1.12 bits per heavy atom. The molecule has 1 aromatic rings. The van der Waals surface area contributed by atoms with Crippen molar-refractivity contribution in [2.45, 2.75) is 12.5 Å². The Kier molecular flexibility index (Phi) is 4.84. The van der Waals surface area contributed by atoms with Gasteiger partial charge < -0.3 is 19.9 Å². The lowest BCUT2D eigenvalue weighted by Gasteiger charge is -2.17. The van der Waals surface area contributed by atoms with E-state index in [-0.39, 0.29) is 6.04 Å². The summed E-state index contributed by atoms with van der Waals surface area (Å²) in [6, 6.07) is 3.45. The van der Waals surface area contributed by atoms with Crippen LogP contribution in [-0.4, -0.2) is 21.3 Å². The molecule has 0 aliphatic carbocycles. The van der Waals surface area contributed by atoms with Gasteiger partial charge in [-0.2, -0.15) is 0 Å². The lowest BCUT2D eigenvalue weighted by Crippen LogP contribution is -2.11. The summed E-state index contributed by atoms with van der Waals surface area (Å²) in [6.45, 7) is 3.68. The first-order valence-corrected chi connectivity index (χ1v) is 5.34. The molecular weight excluding hydrogens is 218 g/mol. The van der Waals surface area contributed by atoms with Gasteiger partial charge in [-0.15, -0.1) is 6.58 Å². The van der Waals surface area contributed by atoms with E-state index in [0.717, 1.165) is 5.56 Å². The summed E-state index contributed by atoms with van der Waals surface area (Å²) >= 11 is 0. The molecule has 0 bridgehead atoms. The van der Waals surface area contributed by atoms with Gasteiger partial charge in [-0.3, -0.25) is 0 Å². The van der Waals surface area contributed by atoms with Gasteiger partial charge in [0, 0.05) is 17.7 Å². The Morgan fingerprint density at radius 2 is 1.65 bits per heavy atom. The van der Waals surface area contributed by atoms with E-state index in [4.69, 9.17) is 19.9 Å². The zero-order chi connectivity index (χ0) is 12.8. The molecule has 0 aromatic heterocycles. The van der Waals surface area contributed by atoms with Crippen LogP contribution in [0.25, 0.3) is 0 Å². The van der Waals surface area contributed by atoms with Crippen molar-refractivity contribution in [1.82, 2.24) is 0 Å². The Morgan fingerprint density at radius 3 is 2.12 bits per heavy atom. The molecule has 4 nitrogen and oxygen atoms in total. The van der Waals surface area contributed by atoms with E-state index < -0.39 is 0 Å². The van der Waals surface area contributed by atoms with Crippen LogP contribution in [0.5, 0.6) is 17.2 Å². The van der Waals surface area contributed by atoms with Crippen molar-refractivity contribution in [3.63, 3.8) is 0 Å². The van der Waals surface area contributed by atoms with Crippen LogP contribution in [0.2, 0.25) is 0 Å². The summed E-state index contributed by atoms with van der Waals surface area (Å²) in [7, 11) is 4.78. The SMILES string of the molecule is C=CC[C@H](N)c1cc(OC)c(OC)cc1OC. The number of methoxy groups -OCH3 is 3. The van der Waals surface area contributed by atoms with Crippen LogP contribution in [0.1, 0.15) is 18.0 Å². The fourth-order valence-corrected chi connectivity index (χ4v) is 1.65. The maximum Gasteiger partial charge on any atom is 0.164 e. The minimum Gasteiger partial charge on any atom is -0.496 e. The predicted molar refractivity (Wildman–Crippen MR) is 67.8 cm³/mol. The summed E-state index contributed by atoms with van der Waals surface area (Å²) in [5.41, 5.74) is 6.93. The molecule has 0 fully saturated rings. The lowest BCUT2D eigenvalue weighted by atomic mass is 10.0. The Hall–Kier alpha value is -1.68. The first-order chi connectivity index (χ1) is 8.17. The molecule has 0 radical (unpaired) electrons. The molecule has 0 amide bonds. The third kappa shape index (κ3) is 2.91. The van der Waals surface area contributed by atoms with Gasteiger partial charge in [0.2, 0.25) is 0 Å². The van der Waals surface area contributed by atoms with Crippen LogP contribution in [0.15, 0.2) is 24.8 Å². The number of hydrogen-bond acceptors (Lipinski definition) is 4. The fourth-order valence-electron chi connectivity index (χ4n) is 1.65. The van der Waals surface area contributed by atoms with Crippen molar-refractivity contribution in [3.05, 3.63) is 30.4 Å². The average Bonchev–Trinajstić information content (AvgIpc) is 2.37. The van der Waals surface area contributed by atoms with Gasteiger partial charge in [0.1, 0.15) is 5.75 Å². The maximum atomic E-state index is 6.05. The molecular formula is C13H19NO3. The molecule has 1 aromatic carbocycles. The second-order valence-corrected chi connectivity index (χ2v) is 3.58. The van der Waals surface area contributed by atoms with Crippen LogP contribution in [0.3, 0.4) is 0 Å². The molecule has 4 heteroatoms. The van der Waals surface area contributed by atoms with Crippen molar-refractivity contribution in [2.75, 3.05) is 21.3 Å². The zero-order valence-corrected chi connectivity index (χ0v) is 10.5. The minimum atomic E-state index is -0.165. The van der Waals surface area contributed by atoms with Crippen molar-refractivity contribution < 1.29 is 14.2 Å². The fraction of sp³-hybridized carbons (Fsp3) is 0.385. The molecule has 17 heavy (non-hydrogen) atoms. The number of nitrogens with two attached hydrogens (primary N) is 1. The standard InChI is InChI=1S/C13H19NO3/c1-5-6-10(14)9-7-12(16-3)13(17-4)8-11(9)15-2/h5,7-8,10H,1,6,14H2,2-4H3/t10-/m0/s1. The van der Waals surface area contributed by atoms with Gasteiger partial charge >= 0.3 is 0 Å². The number of benzene rings is 1. The van der Waals surface area contributed by atoms with Crippen molar-refractivity contribution in [2.24, 2.45) is 5.73 Å². The van der Waals surface area contributed by atoms with Gasteiger partial charge in [-0.25, -0.2) is 0 Å². The van der Waals surface area contributed by atoms with E-state index >= 15 is 0 Å². The van der Waals surface area contributed by atoms with Crippen LogP contribution in [0, 0.1) is 0 Å². The number of rotatable bonds is 6. The van der Waals surface area contributed by atoms with E-state index in [2.05, 4.69) is 6.58 Å². The second kappa shape index (κ2) is 6.15. The van der Waals surface area contributed by atoms with Crippen LogP contribution < -0.4 is 19.9 Å². The first kappa shape index (κ1) is 13.4. The molecule has 94 valence electrons. The lowest BCUT2D eigenvalue weighted by molar-refractivity contribution is 0.346. The second-order valence-electron chi connectivity index (χ2n) is 3.58. The van der Waals surface area contributed by atoms with Gasteiger partial charge in [0.25, 0.3) is 0 Å². The molecule has 0 aliphatic heterocycles. The smallest absolute Gasteiger partial charge is 0.164 e. The van der Waals surface area contributed by atoms with Crippen LogP contribution in [0.4, 0.5) is 0 Å². The summed E-state index contributed by atoms with van der Waals surface area (Å²) in [5, 5.41) is 0. The summed E-state index contributed by atoms with van der Waals surface area (Å²) in [5.74, 6) is 1.96. The van der Waals surface area contributed by atoms with Crippen molar-refractivity contribution >= 4 is 0 Å². The third-order valence-corrected chi connectivity index (χ3v) is 2.56. The van der Waals surface area contributed by atoms with Gasteiger partial charge in [-0.05, 0) is 12.5 Å². The highest BCUT2D eigenvalue weighted by atomic mass is 16.5. The molecule has 0 unspecified atom stereocenters. The zero-order valence-electron chi connectivity index (χ0n) is 10.5. The highest BCUT2D eigenvalue weighted by molar-refractivity contribution is 5.51. The van der Waals surface area contributed by atoms with E-state index in [1.807, 2.05) is 6.07 Å². The molecule has 1 atom stereocenters. The summed E-state index contributed by atoms with van der Waals surface area (Å²) in [4.78, 5) is 0.